The predicted molar refractivity (Wildman–Crippen MR) is 95.3 cm³/mol. The highest BCUT2D eigenvalue weighted by molar-refractivity contribution is 7.89. The third-order valence-electron chi connectivity index (χ3n) is 4.16. The van der Waals surface area contributed by atoms with Crippen molar-refractivity contribution < 1.29 is 8.42 Å². The lowest BCUT2D eigenvalue weighted by molar-refractivity contribution is 0.324. The van der Waals surface area contributed by atoms with Gasteiger partial charge in [-0.1, -0.05) is 19.8 Å². The van der Waals surface area contributed by atoms with Gasteiger partial charge in [0, 0.05) is 38.6 Å². The molecule has 1 aliphatic rings. The highest BCUT2D eigenvalue weighted by atomic mass is 32.2. The van der Waals surface area contributed by atoms with E-state index in [-0.39, 0.29) is 11.4 Å². The summed E-state index contributed by atoms with van der Waals surface area (Å²) in [5, 5.41) is 6.57. The molecule has 0 spiro atoms. The van der Waals surface area contributed by atoms with Crippen molar-refractivity contribution in [2.24, 2.45) is 10.9 Å². The van der Waals surface area contributed by atoms with E-state index in [1.807, 2.05) is 0 Å². The van der Waals surface area contributed by atoms with Crippen LogP contribution in [0.3, 0.4) is 0 Å². The van der Waals surface area contributed by atoms with Crippen LogP contribution in [0, 0.1) is 5.92 Å². The summed E-state index contributed by atoms with van der Waals surface area (Å²) in [6, 6.07) is 3.56. The van der Waals surface area contributed by atoms with Gasteiger partial charge in [0.05, 0.1) is 0 Å². The molecule has 134 valence electrons. The second kappa shape index (κ2) is 8.98. The average Bonchev–Trinajstić information content (AvgIpc) is 2.58. The summed E-state index contributed by atoms with van der Waals surface area (Å²) in [4.78, 5) is 8.20. The number of hydrogen-bond acceptors (Lipinski definition) is 4. The van der Waals surface area contributed by atoms with Crippen molar-refractivity contribution in [3.05, 3.63) is 24.5 Å². The molecule has 1 aliphatic carbocycles. The number of guanidine groups is 1. The molecule has 24 heavy (non-hydrogen) atoms. The molecular formula is C16H27N5O2S. The van der Waals surface area contributed by atoms with Gasteiger partial charge in [-0.05, 0) is 30.9 Å². The minimum Gasteiger partial charge on any atom is -0.355 e. The Morgan fingerprint density at radius 3 is 2.88 bits per heavy atom. The molecule has 7 nitrogen and oxygen atoms in total. The number of pyridine rings is 1. The summed E-state index contributed by atoms with van der Waals surface area (Å²) in [5.74, 6) is 1.45. The normalized spacial score (nSPS) is 22.2. The standard InChI is InChI=1S/C16H27N5O2S/c1-13-5-3-6-14(11-13)21-16(17-2)19-9-10-20-24(22,23)15-7-4-8-18-12-15/h4,7-8,12-14,20H,3,5-6,9-11H2,1-2H3,(H2,17,19,21). The van der Waals surface area contributed by atoms with Gasteiger partial charge in [-0.2, -0.15) is 0 Å². The molecule has 0 saturated heterocycles. The highest BCUT2D eigenvalue weighted by Gasteiger charge is 2.19. The Morgan fingerprint density at radius 2 is 2.21 bits per heavy atom. The zero-order chi connectivity index (χ0) is 17.4. The minimum atomic E-state index is -3.51. The lowest BCUT2D eigenvalue weighted by Gasteiger charge is -2.28. The molecule has 0 radical (unpaired) electrons. The van der Waals surface area contributed by atoms with E-state index in [2.05, 4.69) is 32.3 Å². The fourth-order valence-electron chi connectivity index (χ4n) is 2.91. The Bertz CT molecular complexity index is 633. The van der Waals surface area contributed by atoms with Crippen LogP contribution >= 0.6 is 0 Å². The molecule has 1 aromatic rings. The Hall–Kier alpha value is -1.67. The van der Waals surface area contributed by atoms with Crippen LogP contribution in [0.25, 0.3) is 0 Å². The Morgan fingerprint density at radius 1 is 1.38 bits per heavy atom. The van der Waals surface area contributed by atoms with Crippen molar-refractivity contribution >= 4 is 16.0 Å². The number of sulfonamides is 1. The molecule has 0 aliphatic heterocycles. The number of aliphatic imine (C=N–C) groups is 1. The van der Waals surface area contributed by atoms with Crippen LogP contribution < -0.4 is 15.4 Å². The lowest BCUT2D eigenvalue weighted by Crippen LogP contribution is -2.46. The van der Waals surface area contributed by atoms with E-state index in [1.54, 1.807) is 19.3 Å². The number of nitrogens with zero attached hydrogens (tertiary/aromatic N) is 2. The number of aromatic nitrogens is 1. The van der Waals surface area contributed by atoms with Crippen LogP contribution in [0.4, 0.5) is 0 Å². The molecule has 0 bridgehead atoms. The smallest absolute Gasteiger partial charge is 0.242 e. The van der Waals surface area contributed by atoms with Crippen LogP contribution in [-0.4, -0.2) is 45.5 Å². The number of rotatable bonds is 6. The minimum absolute atomic E-state index is 0.170. The molecule has 1 fully saturated rings. The molecule has 8 heteroatoms. The number of hydrogen-bond donors (Lipinski definition) is 3. The van der Waals surface area contributed by atoms with Crippen molar-refractivity contribution in [1.82, 2.24) is 20.3 Å². The second-order valence-corrected chi connectivity index (χ2v) is 7.97. The Labute approximate surface area is 144 Å². The molecule has 1 aromatic heterocycles. The van der Waals surface area contributed by atoms with Crippen molar-refractivity contribution in [2.75, 3.05) is 20.1 Å². The zero-order valence-corrected chi connectivity index (χ0v) is 15.1. The third kappa shape index (κ3) is 5.76. The second-order valence-electron chi connectivity index (χ2n) is 6.20. The maximum Gasteiger partial charge on any atom is 0.242 e. The fraction of sp³-hybridized carbons (Fsp3) is 0.625. The van der Waals surface area contributed by atoms with Crippen molar-refractivity contribution in [2.45, 2.75) is 43.5 Å². The van der Waals surface area contributed by atoms with Gasteiger partial charge in [0.15, 0.2) is 5.96 Å². The van der Waals surface area contributed by atoms with E-state index in [4.69, 9.17) is 0 Å². The zero-order valence-electron chi connectivity index (χ0n) is 14.3. The van der Waals surface area contributed by atoms with E-state index in [0.29, 0.717) is 12.6 Å². The monoisotopic (exact) mass is 353 g/mol. The summed E-state index contributed by atoms with van der Waals surface area (Å²) >= 11 is 0. The van der Waals surface area contributed by atoms with Gasteiger partial charge >= 0.3 is 0 Å². The van der Waals surface area contributed by atoms with Crippen molar-refractivity contribution in [3.8, 4) is 0 Å². The van der Waals surface area contributed by atoms with Crippen LogP contribution in [0.2, 0.25) is 0 Å². The van der Waals surface area contributed by atoms with Gasteiger partial charge in [-0.25, -0.2) is 13.1 Å². The summed E-state index contributed by atoms with van der Waals surface area (Å²) in [6.07, 6.45) is 7.71. The summed E-state index contributed by atoms with van der Waals surface area (Å²) in [7, 11) is -1.79. The van der Waals surface area contributed by atoms with E-state index in [1.165, 1.54) is 25.1 Å². The quantitative estimate of drug-likeness (QED) is 0.404. The van der Waals surface area contributed by atoms with Crippen molar-refractivity contribution in [3.63, 3.8) is 0 Å². The Balaban J connectivity index is 1.74. The molecule has 0 amide bonds. The molecule has 0 aromatic carbocycles. The first-order valence-electron chi connectivity index (χ1n) is 8.38. The maximum absolute atomic E-state index is 12.1. The Kier molecular flexibility index (Phi) is 6.99. The van der Waals surface area contributed by atoms with E-state index in [9.17, 15) is 8.42 Å². The lowest BCUT2D eigenvalue weighted by atomic mass is 9.87. The van der Waals surface area contributed by atoms with E-state index < -0.39 is 10.0 Å². The first kappa shape index (κ1) is 18.7. The van der Waals surface area contributed by atoms with Gasteiger partial charge < -0.3 is 10.6 Å². The van der Waals surface area contributed by atoms with E-state index in [0.717, 1.165) is 24.7 Å². The van der Waals surface area contributed by atoms with Crippen LogP contribution in [0.5, 0.6) is 0 Å². The summed E-state index contributed by atoms with van der Waals surface area (Å²) < 4.78 is 26.7. The fourth-order valence-corrected chi connectivity index (χ4v) is 3.90. The van der Waals surface area contributed by atoms with Gasteiger partial charge in [0.25, 0.3) is 0 Å². The van der Waals surface area contributed by atoms with Crippen LogP contribution in [-0.2, 0) is 10.0 Å². The van der Waals surface area contributed by atoms with Gasteiger partial charge in [-0.15, -0.1) is 0 Å². The van der Waals surface area contributed by atoms with Gasteiger partial charge in [0.1, 0.15) is 4.90 Å². The molecule has 2 atom stereocenters. The molecule has 2 rings (SSSR count). The van der Waals surface area contributed by atoms with Gasteiger partial charge in [0.2, 0.25) is 10.0 Å². The largest absolute Gasteiger partial charge is 0.355 e. The van der Waals surface area contributed by atoms with Crippen LogP contribution in [0.15, 0.2) is 34.4 Å². The van der Waals surface area contributed by atoms with Crippen LogP contribution in [0.1, 0.15) is 32.6 Å². The summed E-state index contributed by atoms with van der Waals surface area (Å²) in [5.41, 5.74) is 0. The molecule has 1 heterocycles. The summed E-state index contributed by atoms with van der Waals surface area (Å²) in [6.45, 7) is 3.01. The first-order chi connectivity index (χ1) is 11.5. The maximum atomic E-state index is 12.1. The average molecular weight is 353 g/mol. The van der Waals surface area contributed by atoms with Crippen molar-refractivity contribution in [1.29, 1.82) is 0 Å². The van der Waals surface area contributed by atoms with E-state index >= 15 is 0 Å². The topological polar surface area (TPSA) is 95.5 Å². The molecule has 3 N–H and O–H groups in total. The molecular weight excluding hydrogens is 326 g/mol. The number of nitrogens with one attached hydrogen (secondary N) is 3. The van der Waals surface area contributed by atoms with Gasteiger partial charge in [-0.3, -0.25) is 9.98 Å². The third-order valence-corrected chi connectivity index (χ3v) is 5.60. The molecule has 1 saturated carbocycles. The first-order valence-corrected chi connectivity index (χ1v) is 9.86. The SMILES string of the molecule is CN=C(NCCNS(=O)(=O)c1cccnc1)NC1CCCC(C)C1. The predicted octanol–water partition coefficient (Wildman–Crippen LogP) is 1.10. The highest BCUT2D eigenvalue weighted by Crippen LogP contribution is 2.23. The molecule has 2 unspecified atom stereocenters.